The first-order valence-corrected chi connectivity index (χ1v) is 5.40. The monoisotopic (exact) mass is 210 g/mol. The molecule has 0 unspecified atom stereocenters. The van der Waals surface area contributed by atoms with Gasteiger partial charge in [0.1, 0.15) is 10.5 Å². The molecule has 0 aromatic carbocycles. The minimum absolute atomic E-state index is 0. The Hall–Kier alpha value is -1.16. The molecule has 0 bridgehead atoms. The lowest BCUT2D eigenvalue weighted by Crippen LogP contribution is -2.07. The van der Waals surface area contributed by atoms with Crippen molar-refractivity contribution in [1.82, 2.24) is 9.97 Å². The number of aromatic amines is 1. The van der Waals surface area contributed by atoms with E-state index in [0.29, 0.717) is 11.7 Å². The fraction of sp³-hybridized carbons (Fsp3) is 0.400. The molecular weight excluding hydrogens is 196 g/mol. The number of hydrogen-bond donors (Lipinski definition) is 1. The van der Waals surface area contributed by atoms with Gasteiger partial charge in [0.2, 0.25) is 0 Å². The summed E-state index contributed by atoms with van der Waals surface area (Å²) in [5, 5.41) is 0. The molecule has 0 saturated carbocycles. The average Bonchev–Trinajstić information content (AvgIpc) is 2.47. The second kappa shape index (κ2) is 3.20. The van der Waals surface area contributed by atoms with Crippen LogP contribution in [0.4, 0.5) is 0 Å². The summed E-state index contributed by atoms with van der Waals surface area (Å²) in [5.74, 6) is 1.13. The average molecular weight is 210 g/mol. The minimum Gasteiger partial charge on any atom is -0.310 e. The van der Waals surface area contributed by atoms with Crippen LogP contribution in [0.5, 0.6) is 0 Å². The van der Waals surface area contributed by atoms with E-state index >= 15 is 0 Å². The first-order valence-electron chi connectivity index (χ1n) is 4.58. The van der Waals surface area contributed by atoms with E-state index in [1.54, 1.807) is 6.92 Å². The summed E-state index contributed by atoms with van der Waals surface area (Å²) in [6.07, 6.45) is 0. The predicted molar refractivity (Wildman–Crippen MR) is 61.2 cm³/mol. The maximum atomic E-state index is 11.6. The third kappa shape index (κ3) is 1.46. The zero-order valence-corrected chi connectivity index (χ0v) is 9.23. The lowest BCUT2D eigenvalue weighted by Gasteiger charge is -1.95. The molecule has 3 nitrogen and oxygen atoms in total. The summed E-state index contributed by atoms with van der Waals surface area (Å²) in [6, 6.07) is 2.01. The zero-order chi connectivity index (χ0) is 10.3. The number of aryl methyl sites for hydroxylation is 1. The largest absolute Gasteiger partial charge is 0.310 e. The molecule has 4 heteroatoms. The lowest BCUT2D eigenvalue weighted by atomic mass is 10.2. The Balaban J connectivity index is 0.00000112. The van der Waals surface area contributed by atoms with E-state index in [1.807, 2.05) is 6.07 Å². The summed E-state index contributed by atoms with van der Waals surface area (Å²) in [5.41, 5.74) is 0.796. The zero-order valence-electron chi connectivity index (χ0n) is 8.42. The molecule has 0 amide bonds. The van der Waals surface area contributed by atoms with Crippen molar-refractivity contribution >= 4 is 21.6 Å². The SMILES string of the molecule is Cc1nc2cc(C(C)C)sc2c(=O)[nH]1.[HH]. The van der Waals surface area contributed by atoms with Crippen molar-refractivity contribution in [3.05, 3.63) is 27.1 Å². The van der Waals surface area contributed by atoms with E-state index < -0.39 is 0 Å². The standard InChI is InChI=1S/C10H12N2OS.H2/c1-5(2)8-4-7-9(14-8)10(13)12-6(3)11-7;/h4-5H,1-3H3,(H,11,12,13);1H. The van der Waals surface area contributed by atoms with Gasteiger partial charge in [0.05, 0.1) is 5.52 Å². The van der Waals surface area contributed by atoms with Crippen molar-refractivity contribution in [2.45, 2.75) is 26.7 Å². The van der Waals surface area contributed by atoms with Gasteiger partial charge in [0.15, 0.2) is 0 Å². The second-order valence-electron chi connectivity index (χ2n) is 3.67. The van der Waals surface area contributed by atoms with Crippen LogP contribution in [0.2, 0.25) is 0 Å². The molecule has 0 atom stereocenters. The molecule has 0 aliphatic heterocycles. The number of nitrogens with zero attached hydrogens (tertiary/aromatic N) is 1. The van der Waals surface area contributed by atoms with Gasteiger partial charge < -0.3 is 4.98 Å². The van der Waals surface area contributed by atoms with Crippen molar-refractivity contribution in [2.24, 2.45) is 0 Å². The highest BCUT2D eigenvalue weighted by atomic mass is 32.1. The van der Waals surface area contributed by atoms with Crippen LogP contribution in [0.25, 0.3) is 10.2 Å². The topological polar surface area (TPSA) is 45.8 Å². The Morgan fingerprint density at radius 3 is 2.93 bits per heavy atom. The molecule has 14 heavy (non-hydrogen) atoms. The van der Waals surface area contributed by atoms with Gasteiger partial charge in [-0.1, -0.05) is 13.8 Å². The molecular formula is C10H14N2OS. The van der Waals surface area contributed by atoms with E-state index in [0.717, 1.165) is 10.2 Å². The van der Waals surface area contributed by atoms with E-state index in [-0.39, 0.29) is 6.99 Å². The Kier molecular flexibility index (Phi) is 2.15. The van der Waals surface area contributed by atoms with E-state index in [2.05, 4.69) is 23.8 Å². The fourth-order valence-corrected chi connectivity index (χ4v) is 2.35. The van der Waals surface area contributed by atoms with Crippen molar-refractivity contribution in [3.63, 3.8) is 0 Å². The molecule has 2 heterocycles. The Morgan fingerprint density at radius 2 is 2.29 bits per heavy atom. The molecule has 0 aliphatic rings. The Labute approximate surface area is 87.3 Å². The second-order valence-corrected chi connectivity index (χ2v) is 4.75. The minimum atomic E-state index is -0.0237. The summed E-state index contributed by atoms with van der Waals surface area (Å²) in [6.45, 7) is 6.03. The Morgan fingerprint density at radius 1 is 1.57 bits per heavy atom. The van der Waals surface area contributed by atoms with Gasteiger partial charge in [-0.25, -0.2) is 4.98 Å². The van der Waals surface area contributed by atoms with Gasteiger partial charge >= 0.3 is 0 Å². The smallest absolute Gasteiger partial charge is 0.268 e. The van der Waals surface area contributed by atoms with Crippen LogP contribution in [0.3, 0.4) is 0 Å². The predicted octanol–water partition coefficient (Wildman–Crippen LogP) is 2.66. The molecule has 0 fully saturated rings. The number of nitrogens with one attached hydrogen (secondary N) is 1. The van der Waals surface area contributed by atoms with Crippen molar-refractivity contribution in [2.75, 3.05) is 0 Å². The quantitative estimate of drug-likeness (QED) is 0.786. The molecule has 0 radical (unpaired) electrons. The van der Waals surface area contributed by atoms with Gasteiger partial charge in [-0.3, -0.25) is 4.79 Å². The maximum Gasteiger partial charge on any atom is 0.268 e. The first kappa shape index (κ1) is 9.40. The molecule has 0 saturated heterocycles. The number of aromatic nitrogens is 2. The van der Waals surface area contributed by atoms with Crippen LogP contribution in [-0.4, -0.2) is 9.97 Å². The number of fused-ring (bicyclic) bond motifs is 1. The van der Waals surface area contributed by atoms with E-state index in [4.69, 9.17) is 0 Å². The normalized spacial score (nSPS) is 11.4. The van der Waals surface area contributed by atoms with Crippen LogP contribution >= 0.6 is 11.3 Å². The van der Waals surface area contributed by atoms with Gasteiger partial charge in [-0.15, -0.1) is 11.3 Å². The highest BCUT2D eigenvalue weighted by Crippen LogP contribution is 2.27. The van der Waals surface area contributed by atoms with Crippen LogP contribution in [0.15, 0.2) is 10.9 Å². The van der Waals surface area contributed by atoms with Gasteiger partial charge in [-0.2, -0.15) is 0 Å². The van der Waals surface area contributed by atoms with E-state index in [1.165, 1.54) is 16.2 Å². The molecule has 2 aromatic heterocycles. The Bertz CT molecular complexity index is 530. The van der Waals surface area contributed by atoms with Crippen molar-refractivity contribution in [1.29, 1.82) is 0 Å². The molecule has 2 rings (SSSR count). The van der Waals surface area contributed by atoms with Crippen molar-refractivity contribution < 1.29 is 1.43 Å². The molecule has 0 spiro atoms. The third-order valence-corrected chi connectivity index (χ3v) is 3.51. The lowest BCUT2D eigenvalue weighted by molar-refractivity contribution is 0.890. The van der Waals surface area contributed by atoms with Gasteiger partial charge in [0.25, 0.3) is 5.56 Å². The van der Waals surface area contributed by atoms with Crippen LogP contribution < -0.4 is 5.56 Å². The molecule has 0 aliphatic carbocycles. The van der Waals surface area contributed by atoms with Gasteiger partial charge in [0, 0.05) is 6.30 Å². The van der Waals surface area contributed by atoms with Crippen LogP contribution in [-0.2, 0) is 0 Å². The van der Waals surface area contributed by atoms with E-state index in [9.17, 15) is 4.79 Å². The summed E-state index contributed by atoms with van der Waals surface area (Å²) in [7, 11) is 0. The highest BCUT2D eigenvalue weighted by Gasteiger charge is 2.09. The van der Waals surface area contributed by atoms with Crippen LogP contribution in [0, 0.1) is 6.92 Å². The number of hydrogen-bond acceptors (Lipinski definition) is 3. The van der Waals surface area contributed by atoms with Gasteiger partial charge in [-0.05, 0) is 18.9 Å². The summed E-state index contributed by atoms with van der Waals surface area (Å²) >= 11 is 1.53. The molecule has 2 aromatic rings. The number of H-pyrrole nitrogens is 1. The maximum absolute atomic E-state index is 11.6. The number of rotatable bonds is 1. The fourth-order valence-electron chi connectivity index (χ4n) is 1.36. The molecule has 1 N–H and O–H groups in total. The van der Waals surface area contributed by atoms with Crippen LogP contribution in [0.1, 0.15) is 31.9 Å². The first-order chi connectivity index (χ1) is 6.58. The number of thiophene rings is 1. The molecule has 76 valence electrons. The third-order valence-electron chi connectivity index (χ3n) is 2.09. The highest BCUT2D eigenvalue weighted by molar-refractivity contribution is 7.19. The summed E-state index contributed by atoms with van der Waals surface area (Å²) < 4.78 is 0.735. The van der Waals surface area contributed by atoms with Crippen molar-refractivity contribution in [3.8, 4) is 0 Å². The summed E-state index contributed by atoms with van der Waals surface area (Å²) in [4.78, 5) is 19.8.